The summed E-state index contributed by atoms with van der Waals surface area (Å²) < 4.78 is 7.97. The first-order valence-corrected chi connectivity index (χ1v) is 14.0. The largest absolute Gasteiger partial charge is 0.469 e. The molecule has 1 aliphatic heterocycles. The molecule has 0 atom stereocenters. The molecule has 0 aromatic carbocycles. The van der Waals surface area contributed by atoms with Gasteiger partial charge < -0.3 is 9.30 Å². The summed E-state index contributed by atoms with van der Waals surface area (Å²) in [6.07, 6.45) is 18.6. The molecule has 0 unspecified atom stereocenters. The van der Waals surface area contributed by atoms with Crippen molar-refractivity contribution in [1.29, 1.82) is 0 Å². The highest BCUT2D eigenvalue weighted by Gasteiger charge is 2.58. The summed E-state index contributed by atoms with van der Waals surface area (Å²) in [4.78, 5) is 14.2. The van der Waals surface area contributed by atoms with Crippen LogP contribution in [0.5, 0.6) is 0 Å². The first kappa shape index (κ1) is 19.9. The van der Waals surface area contributed by atoms with E-state index in [-0.39, 0.29) is 5.97 Å². The van der Waals surface area contributed by atoms with Crippen molar-refractivity contribution in [1.82, 2.24) is 9.47 Å². The van der Waals surface area contributed by atoms with Gasteiger partial charge in [-0.15, -0.1) is 0 Å². The lowest BCUT2D eigenvalue weighted by molar-refractivity contribution is -0.140. The van der Waals surface area contributed by atoms with E-state index in [0.29, 0.717) is 6.42 Å². The second kappa shape index (κ2) is 8.96. The van der Waals surface area contributed by atoms with Crippen LogP contribution in [0.2, 0.25) is 16.6 Å². The number of carbonyl (C=O) groups excluding carboxylic acids is 1. The third kappa shape index (κ3) is 3.88. The van der Waals surface area contributed by atoms with E-state index >= 15 is 0 Å². The van der Waals surface area contributed by atoms with Gasteiger partial charge in [-0.2, -0.15) is 0 Å². The fraction of sp³-hybridized carbons (Fsp3) is 0.955. The van der Waals surface area contributed by atoms with Crippen LogP contribution in [0.15, 0.2) is 0 Å². The van der Waals surface area contributed by atoms with Crippen LogP contribution in [0.3, 0.4) is 0 Å². The third-order valence-electron chi connectivity index (χ3n) is 8.49. The molecule has 3 aliphatic carbocycles. The van der Waals surface area contributed by atoms with Gasteiger partial charge in [0.25, 0.3) is 0 Å². The van der Waals surface area contributed by atoms with Crippen LogP contribution >= 0.6 is 0 Å². The predicted molar refractivity (Wildman–Crippen MR) is 112 cm³/mol. The van der Waals surface area contributed by atoms with Crippen LogP contribution in [-0.4, -0.2) is 57.1 Å². The van der Waals surface area contributed by atoms with Gasteiger partial charge in [-0.3, -0.25) is 9.69 Å². The average Bonchev–Trinajstić information content (AvgIpc) is 3.50. The Morgan fingerprint density at radius 1 is 0.852 bits per heavy atom. The summed E-state index contributed by atoms with van der Waals surface area (Å²) in [5.74, 6) is -0.0562. The van der Waals surface area contributed by atoms with Crippen LogP contribution in [0.4, 0.5) is 0 Å². The minimum Gasteiger partial charge on any atom is -0.469 e. The molecular weight excluding hydrogens is 352 g/mol. The van der Waals surface area contributed by atoms with Crippen LogP contribution in [0.25, 0.3) is 0 Å². The Balaban J connectivity index is 1.56. The molecule has 3 saturated carbocycles. The van der Waals surface area contributed by atoms with Gasteiger partial charge in [0, 0.05) is 26.3 Å². The summed E-state index contributed by atoms with van der Waals surface area (Å²) in [5, 5.41) is 0. The van der Waals surface area contributed by atoms with E-state index in [9.17, 15) is 4.79 Å². The highest BCUT2D eigenvalue weighted by Crippen LogP contribution is 2.60. The number of hydrogen-bond acceptors (Lipinski definition) is 4. The fourth-order valence-electron chi connectivity index (χ4n) is 7.43. The Labute approximate surface area is 167 Å². The van der Waals surface area contributed by atoms with Gasteiger partial charge in [0.05, 0.1) is 13.5 Å². The summed E-state index contributed by atoms with van der Waals surface area (Å²) in [5.41, 5.74) is 3.18. The monoisotopic (exact) mass is 392 g/mol. The summed E-state index contributed by atoms with van der Waals surface area (Å²) in [6, 6.07) is 0. The van der Waals surface area contributed by atoms with Crippen molar-refractivity contribution >= 4 is 14.2 Å². The predicted octanol–water partition coefficient (Wildman–Crippen LogP) is 4.90. The van der Waals surface area contributed by atoms with E-state index in [2.05, 4.69) is 9.47 Å². The molecule has 0 radical (unpaired) electrons. The zero-order valence-electron chi connectivity index (χ0n) is 17.5. The smallest absolute Gasteiger partial charge is 0.306 e. The molecule has 154 valence electrons. The summed E-state index contributed by atoms with van der Waals surface area (Å²) in [7, 11) is 0.0166. The molecule has 0 N–H and O–H groups in total. The quantitative estimate of drug-likeness (QED) is 0.455. The van der Waals surface area contributed by atoms with Gasteiger partial charge in [0.15, 0.2) is 0 Å². The van der Waals surface area contributed by atoms with Crippen molar-refractivity contribution in [3.05, 3.63) is 0 Å². The first-order valence-electron chi connectivity index (χ1n) is 11.8. The van der Waals surface area contributed by atoms with Crippen LogP contribution in [0.1, 0.15) is 83.5 Å². The Morgan fingerprint density at radius 2 is 1.33 bits per heavy atom. The standard InChI is InChI=1S/C22H40N2O2Si/c1-26-22(25)14-15-23-16-17-24(18-23)27(19-8-2-3-9-19,20-10-4-5-11-20)21-12-6-7-13-21/h19-21H,2-18H2,1H3. The van der Waals surface area contributed by atoms with Crippen molar-refractivity contribution in [3.63, 3.8) is 0 Å². The maximum absolute atomic E-state index is 11.6. The lowest BCUT2D eigenvalue weighted by Gasteiger charge is -2.52. The van der Waals surface area contributed by atoms with E-state index in [4.69, 9.17) is 4.74 Å². The molecule has 0 amide bonds. The molecule has 4 rings (SSSR count). The van der Waals surface area contributed by atoms with Gasteiger partial charge in [0.2, 0.25) is 0 Å². The molecule has 0 aromatic heterocycles. The minimum atomic E-state index is -1.49. The maximum Gasteiger partial charge on any atom is 0.306 e. The Morgan fingerprint density at radius 3 is 1.78 bits per heavy atom. The molecule has 4 fully saturated rings. The number of hydrogen-bond donors (Lipinski definition) is 0. The van der Waals surface area contributed by atoms with E-state index in [1.165, 1.54) is 90.7 Å². The second-order valence-electron chi connectivity index (χ2n) is 9.68. The molecule has 27 heavy (non-hydrogen) atoms. The lowest BCUT2D eigenvalue weighted by Crippen LogP contribution is -2.61. The maximum atomic E-state index is 11.6. The lowest BCUT2D eigenvalue weighted by atomic mass is 10.3. The van der Waals surface area contributed by atoms with Gasteiger partial charge >= 0.3 is 5.97 Å². The number of carbonyl (C=O) groups is 1. The van der Waals surface area contributed by atoms with E-state index < -0.39 is 8.24 Å². The van der Waals surface area contributed by atoms with E-state index in [0.717, 1.165) is 36.4 Å². The topological polar surface area (TPSA) is 32.8 Å². The van der Waals surface area contributed by atoms with Crippen molar-refractivity contribution in [2.45, 2.75) is 100 Å². The van der Waals surface area contributed by atoms with E-state index in [1.54, 1.807) is 0 Å². The Kier molecular flexibility index (Phi) is 6.60. The number of esters is 1. The highest BCUT2D eigenvalue weighted by atomic mass is 28.3. The molecular formula is C22H40N2O2Si. The zero-order chi connectivity index (χ0) is 18.7. The SMILES string of the molecule is COC(=O)CCN1CCN([Si](C2CCCC2)(C2CCCC2)C2CCCC2)C1. The summed E-state index contributed by atoms with van der Waals surface area (Å²) >= 11 is 0. The summed E-state index contributed by atoms with van der Waals surface area (Å²) in [6.45, 7) is 4.47. The van der Waals surface area contributed by atoms with E-state index in [1.807, 2.05) is 0 Å². The zero-order valence-corrected chi connectivity index (χ0v) is 18.5. The Bertz CT molecular complexity index is 456. The Hall–Kier alpha value is -0.393. The van der Waals surface area contributed by atoms with Crippen molar-refractivity contribution < 1.29 is 9.53 Å². The van der Waals surface area contributed by atoms with Crippen LogP contribution in [-0.2, 0) is 9.53 Å². The average molecular weight is 393 g/mol. The number of methoxy groups -OCH3 is 1. The van der Waals surface area contributed by atoms with Crippen molar-refractivity contribution in [2.24, 2.45) is 0 Å². The van der Waals surface area contributed by atoms with Crippen molar-refractivity contribution in [3.8, 4) is 0 Å². The number of nitrogens with zero attached hydrogens (tertiary/aromatic N) is 2. The normalized spacial score (nSPS) is 27.1. The molecule has 0 aromatic rings. The second-order valence-corrected chi connectivity index (χ2v) is 14.5. The minimum absolute atomic E-state index is 0.0562. The molecule has 4 aliphatic rings. The third-order valence-corrected chi connectivity index (χ3v) is 15.6. The fourth-order valence-corrected chi connectivity index (χ4v) is 15.9. The number of ether oxygens (including phenoxy) is 1. The molecule has 0 spiro atoms. The van der Waals surface area contributed by atoms with Gasteiger partial charge in [-0.25, -0.2) is 0 Å². The number of rotatable bonds is 7. The van der Waals surface area contributed by atoms with Crippen LogP contribution in [0, 0.1) is 0 Å². The first-order chi connectivity index (χ1) is 13.2. The van der Waals surface area contributed by atoms with Gasteiger partial charge in [-0.1, -0.05) is 77.0 Å². The molecule has 4 nitrogen and oxygen atoms in total. The van der Waals surface area contributed by atoms with Gasteiger partial charge in [0.1, 0.15) is 8.24 Å². The molecule has 5 heteroatoms. The van der Waals surface area contributed by atoms with Gasteiger partial charge in [-0.05, 0) is 16.6 Å². The molecule has 1 heterocycles. The molecule has 0 bridgehead atoms. The van der Waals surface area contributed by atoms with Crippen LogP contribution < -0.4 is 0 Å². The highest BCUT2D eigenvalue weighted by molar-refractivity contribution is 6.81. The van der Waals surface area contributed by atoms with Crippen molar-refractivity contribution in [2.75, 3.05) is 33.4 Å². The molecule has 1 saturated heterocycles.